The molecule has 0 spiro atoms. The van der Waals surface area contributed by atoms with Crippen molar-refractivity contribution < 1.29 is 27.6 Å². The molecule has 0 saturated carbocycles. The minimum Gasteiger partial charge on any atom is -0.322 e. The lowest BCUT2D eigenvalue weighted by Gasteiger charge is -2.35. The Morgan fingerprint density at radius 2 is 1.89 bits per heavy atom. The second kappa shape index (κ2) is 9.01. The molecule has 1 unspecified atom stereocenters. The van der Waals surface area contributed by atoms with E-state index < -0.39 is 23.1 Å². The lowest BCUT2D eigenvalue weighted by atomic mass is 9.72. The minimum atomic E-state index is -4.49. The molecular formula is C25H23F3N4O3. The molecule has 3 amide bonds. The zero-order valence-electron chi connectivity index (χ0n) is 19.1. The Morgan fingerprint density at radius 1 is 1.17 bits per heavy atom. The maximum atomic E-state index is 13.1. The van der Waals surface area contributed by atoms with Crippen molar-refractivity contribution in [3.63, 3.8) is 0 Å². The van der Waals surface area contributed by atoms with E-state index in [2.05, 4.69) is 15.7 Å². The van der Waals surface area contributed by atoms with Crippen LogP contribution in [0.15, 0.2) is 54.7 Å². The number of alkyl halides is 3. The highest BCUT2D eigenvalue weighted by Crippen LogP contribution is 2.36. The fraction of sp³-hybridized carbons (Fsp3) is 0.280. The number of benzene rings is 2. The molecule has 35 heavy (non-hydrogen) atoms. The third-order valence-electron chi connectivity index (χ3n) is 6.44. The standard InChI is InChI=1S/C25H23F3N4O3/c1-3-24(12-11-21(33)31-23(24)35)16-7-9-18(10-8-16)30-22(34)20-14-29-32(15(20)2)19-6-4-5-17(13-19)25(26,27)28/h4-10,13-14H,3,11-12H2,1-2H3,(H,30,34)(H,31,33,35). The molecule has 2 N–H and O–H groups in total. The molecule has 2 aromatic carbocycles. The van der Waals surface area contributed by atoms with Crippen molar-refractivity contribution in [2.75, 3.05) is 5.32 Å². The monoisotopic (exact) mass is 484 g/mol. The van der Waals surface area contributed by atoms with Crippen molar-refractivity contribution in [3.8, 4) is 5.69 Å². The van der Waals surface area contributed by atoms with E-state index in [4.69, 9.17) is 0 Å². The van der Waals surface area contributed by atoms with Gasteiger partial charge in [-0.1, -0.05) is 25.1 Å². The van der Waals surface area contributed by atoms with Gasteiger partial charge in [0.1, 0.15) is 0 Å². The fourth-order valence-corrected chi connectivity index (χ4v) is 4.34. The van der Waals surface area contributed by atoms with Crippen molar-refractivity contribution in [1.29, 1.82) is 0 Å². The second-order valence-electron chi connectivity index (χ2n) is 8.45. The van der Waals surface area contributed by atoms with Gasteiger partial charge in [0, 0.05) is 12.1 Å². The number of anilines is 1. The first-order valence-electron chi connectivity index (χ1n) is 11.0. The molecule has 4 rings (SSSR count). The average molecular weight is 484 g/mol. The summed E-state index contributed by atoms with van der Waals surface area (Å²) < 4.78 is 40.5. The van der Waals surface area contributed by atoms with E-state index in [-0.39, 0.29) is 29.5 Å². The van der Waals surface area contributed by atoms with Gasteiger partial charge in [-0.05, 0) is 55.7 Å². The van der Waals surface area contributed by atoms with Crippen molar-refractivity contribution in [1.82, 2.24) is 15.1 Å². The van der Waals surface area contributed by atoms with E-state index in [1.54, 1.807) is 31.2 Å². The molecule has 1 saturated heterocycles. The number of nitrogens with zero attached hydrogens (tertiary/aromatic N) is 2. The van der Waals surface area contributed by atoms with Gasteiger partial charge >= 0.3 is 6.18 Å². The van der Waals surface area contributed by atoms with Gasteiger partial charge in [-0.2, -0.15) is 18.3 Å². The fourth-order valence-electron chi connectivity index (χ4n) is 4.34. The van der Waals surface area contributed by atoms with E-state index in [1.165, 1.54) is 23.0 Å². The molecule has 3 aromatic rings. The predicted octanol–water partition coefficient (Wildman–Crippen LogP) is 4.54. The molecule has 0 bridgehead atoms. The Morgan fingerprint density at radius 3 is 2.51 bits per heavy atom. The molecule has 2 heterocycles. The normalized spacial score (nSPS) is 18.3. The maximum Gasteiger partial charge on any atom is 0.416 e. The van der Waals surface area contributed by atoms with E-state index in [0.717, 1.165) is 17.7 Å². The van der Waals surface area contributed by atoms with Gasteiger partial charge in [0.25, 0.3) is 5.91 Å². The summed E-state index contributed by atoms with van der Waals surface area (Å²) in [6, 6.07) is 11.5. The van der Waals surface area contributed by atoms with Gasteiger partial charge in [0.2, 0.25) is 11.8 Å². The molecule has 0 aliphatic carbocycles. The molecule has 182 valence electrons. The first-order valence-corrected chi connectivity index (χ1v) is 11.0. The molecule has 1 aromatic heterocycles. The minimum absolute atomic E-state index is 0.190. The molecule has 1 aliphatic rings. The molecule has 0 radical (unpaired) electrons. The molecule has 1 atom stereocenters. The van der Waals surface area contributed by atoms with Crippen LogP contribution >= 0.6 is 0 Å². The summed E-state index contributed by atoms with van der Waals surface area (Å²) in [4.78, 5) is 37.0. The SMILES string of the molecule is CCC1(c2ccc(NC(=O)c3cnn(-c4cccc(C(F)(F)F)c4)c3C)cc2)CCC(=O)NC1=O. The van der Waals surface area contributed by atoms with E-state index >= 15 is 0 Å². The Hall–Kier alpha value is -3.95. The van der Waals surface area contributed by atoms with Crippen molar-refractivity contribution in [2.24, 2.45) is 0 Å². The van der Waals surface area contributed by atoms with E-state index in [0.29, 0.717) is 24.2 Å². The Balaban J connectivity index is 1.53. The highest BCUT2D eigenvalue weighted by molar-refractivity contribution is 6.05. The van der Waals surface area contributed by atoms with Crippen LogP contribution in [0.25, 0.3) is 5.69 Å². The Labute approximate surface area is 199 Å². The van der Waals surface area contributed by atoms with Gasteiger partial charge in [-0.15, -0.1) is 0 Å². The summed E-state index contributed by atoms with van der Waals surface area (Å²) in [6.07, 6.45) is -2.00. The zero-order valence-corrected chi connectivity index (χ0v) is 19.1. The van der Waals surface area contributed by atoms with Crippen LogP contribution in [0.5, 0.6) is 0 Å². The summed E-state index contributed by atoms with van der Waals surface area (Å²) >= 11 is 0. The smallest absolute Gasteiger partial charge is 0.322 e. The van der Waals surface area contributed by atoms with Crippen molar-refractivity contribution in [3.05, 3.63) is 77.1 Å². The third-order valence-corrected chi connectivity index (χ3v) is 6.44. The van der Waals surface area contributed by atoms with Gasteiger partial charge in [-0.25, -0.2) is 4.68 Å². The maximum absolute atomic E-state index is 13.1. The quantitative estimate of drug-likeness (QED) is 0.520. The number of hydrogen-bond acceptors (Lipinski definition) is 4. The number of carbonyl (C=O) groups excluding carboxylic acids is 3. The molecule has 10 heteroatoms. The Bertz CT molecular complexity index is 1300. The first-order chi connectivity index (χ1) is 16.5. The predicted molar refractivity (Wildman–Crippen MR) is 122 cm³/mol. The van der Waals surface area contributed by atoms with E-state index in [9.17, 15) is 27.6 Å². The molecule has 1 aliphatic heterocycles. The topological polar surface area (TPSA) is 93.1 Å². The number of nitrogens with one attached hydrogen (secondary N) is 2. The average Bonchev–Trinajstić information content (AvgIpc) is 3.21. The first kappa shape index (κ1) is 24.2. The number of hydrogen-bond donors (Lipinski definition) is 2. The number of carbonyl (C=O) groups is 3. The lowest BCUT2D eigenvalue weighted by Crippen LogP contribution is -2.51. The van der Waals surface area contributed by atoms with E-state index in [1.807, 2.05) is 6.92 Å². The third kappa shape index (κ3) is 4.55. The van der Waals surface area contributed by atoms with Crippen LogP contribution < -0.4 is 10.6 Å². The summed E-state index contributed by atoms with van der Waals surface area (Å²) in [5.41, 5.74) is 0.388. The van der Waals surface area contributed by atoms with Crippen LogP contribution in [0.3, 0.4) is 0 Å². The van der Waals surface area contributed by atoms with Crippen LogP contribution in [0.1, 0.15) is 53.4 Å². The summed E-state index contributed by atoms with van der Waals surface area (Å²) in [7, 11) is 0. The van der Waals surface area contributed by atoms with Crippen LogP contribution in [-0.4, -0.2) is 27.5 Å². The zero-order chi connectivity index (χ0) is 25.4. The van der Waals surface area contributed by atoms with Crippen LogP contribution in [-0.2, 0) is 21.2 Å². The molecule has 7 nitrogen and oxygen atoms in total. The summed E-state index contributed by atoms with van der Waals surface area (Å²) in [6.45, 7) is 3.48. The number of amides is 3. The van der Waals surface area contributed by atoms with Crippen LogP contribution in [0.2, 0.25) is 0 Å². The lowest BCUT2D eigenvalue weighted by molar-refractivity contribution is -0.139. The molecule has 1 fully saturated rings. The van der Waals surface area contributed by atoms with Crippen molar-refractivity contribution >= 4 is 23.4 Å². The summed E-state index contributed by atoms with van der Waals surface area (Å²) in [5.74, 6) is -1.09. The number of aromatic nitrogens is 2. The van der Waals surface area contributed by atoms with Gasteiger partial charge < -0.3 is 5.32 Å². The van der Waals surface area contributed by atoms with Crippen LogP contribution in [0.4, 0.5) is 18.9 Å². The van der Waals surface area contributed by atoms with Crippen molar-refractivity contribution in [2.45, 2.75) is 44.7 Å². The molecular weight excluding hydrogens is 461 g/mol. The van der Waals surface area contributed by atoms with Gasteiger partial charge in [-0.3, -0.25) is 19.7 Å². The van der Waals surface area contributed by atoms with Crippen LogP contribution in [0, 0.1) is 6.92 Å². The number of halogens is 3. The Kier molecular flexibility index (Phi) is 6.23. The van der Waals surface area contributed by atoms with Gasteiger partial charge in [0.15, 0.2) is 0 Å². The number of imide groups is 1. The number of piperidine rings is 1. The van der Waals surface area contributed by atoms with Gasteiger partial charge in [0.05, 0.1) is 34.1 Å². The second-order valence-corrected chi connectivity index (χ2v) is 8.45. The highest BCUT2D eigenvalue weighted by atomic mass is 19.4. The highest BCUT2D eigenvalue weighted by Gasteiger charge is 2.42. The summed E-state index contributed by atoms with van der Waals surface area (Å²) in [5, 5.41) is 9.25. The largest absolute Gasteiger partial charge is 0.416 e. The number of rotatable bonds is 5.